The minimum Gasteiger partial charge on any atom is -0.342 e. The molecule has 1 aliphatic heterocycles. The lowest BCUT2D eigenvalue weighted by Gasteiger charge is -2.22. The Morgan fingerprint density at radius 3 is 2.60 bits per heavy atom. The fraction of sp³-hybridized carbons (Fsp3) is 0.474. The highest BCUT2D eigenvalue weighted by Gasteiger charge is 2.35. The van der Waals surface area contributed by atoms with Gasteiger partial charge in [-0.2, -0.15) is 5.10 Å². The molecule has 2 N–H and O–H groups in total. The third kappa shape index (κ3) is 3.58. The number of nitrogens with zero attached hydrogens (tertiary/aromatic N) is 3. The molecule has 2 aromatic rings. The van der Waals surface area contributed by atoms with Crippen LogP contribution >= 0.6 is 11.6 Å². The van der Waals surface area contributed by atoms with Gasteiger partial charge in [0.2, 0.25) is 5.91 Å². The van der Waals surface area contributed by atoms with E-state index in [0.29, 0.717) is 18.0 Å². The van der Waals surface area contributed by atoms with Gasteiger partial charge >= 0.3 is 0 Å². The number of aromatic nitrogens is 2. The Hall–Kier alpha value is -1.85. The van der Waals surface area contributed by atoms with Crippen molar-refractivity contribution < 1.29 is 4.79 Å². The van der Waals surface area contributed by atoms with E-state index < -0.39 is 0 Å². The van der Waals surface area contributed by atoms with Gasteiger partial charge in [0.15, 0.2) is 0 Å². The molecule has 134 valence electrons. The van der Waals surface area contributed by atoms with Crippen molar-refractivity contribution in [3.63, 3.8) is 0 Å². The van der Waals surface area contributed by atoms with E-state index in [-0.39, 0.29) is 11.3 Å². The Balaban J connectivity index is 1.79. The number of rotatable bonds is 4. The fourth-order valence-corrected chi connectivity index (χ4v) is 3.56. The fourth-order valence-electron chi connectivity index (χ4n) is 3.43. The standard InChI is InChI=1S/C19H25ClN4O/c1-13-17(10-18(25)23-9-8-19(3,11-21)12-23)14(2)24(22-13)16-6-4-15(20)5-7-16/h4-7H,8-12,21H2,1-3H3. The lowest BCUT2D eigenvalue weighted by molar-refractivity contribution is -0.129. The Morgan fingerprint density at radius 1 is 1.32 bits per heavy atom. The monoisotopic (exact) mass is 360 g/mol. The summed E-state index contributed by atoms with van der Waals surface area (Å²) < 4.78 is 1.88. The number of carbonyl (C=O) groups is 1. The van der Waals surface area contributed by atoms with Gasteiger partial charge in [-0.05, 0) is 56.5 Å². The maximum Gasteiger partial charge on any atom is 0.227 e. The molecule has 0 radical (unpaired) electrons. The average Bonchev–Trinajstić information content (AvgIpc) is 3.12. The van der Waals surface area contributed by atoms with E-state index >= 15 is 0 Å². The Kier molecular flexibility index (Phi) is 4.89. The minimum atomic E-state index is 0.0488. The summed E-state index contributed by atoms with van der Waals surface area (Å²) in [6, 6.07) is 7.55. The van der Waals surface area contributed by atoms with Crippen LogP contribution in [0.4, 0.5) is 0 Å². The highest BCUT2D eigenvalue weighted by atomic mass is 35.5. The van der Waals surface area contributed by atoms with Crippen LogP contribution in [0.5, 0.6) is 0 Å². The third-order valence-electron chi connectivity index (χ3n) is 5.24. The van der Waals surface area contributed by atoms with Gasteiger partial charge in [0.05, 0.1) is 17.8 Å². The number of aryl methyl sites for hydroxylation is 1. The van der Waals surface area contributed by atoms with Crippen LogP contribution in [-0.4, -0.2) is 40.2 Å². The SMILES string of the molecule is Cc1nn(-c2ccc(Cl)cc2)c(C)c1CC(=O)N1CCC(C)(CN)C1. The van der Waals surface area contributed by atoms with E-state index in [9.17, 15) is 4.79 Å². The van der Waals surface area contributed by atoms with Gasteiger partial charge in [-0.3, -0.25) is 4.79 Å². The normalized spacial score (nSPS) is 20.3. The first-order chi connectivity index (χ1) is 11.8. The van der Waals surface area contributed by atoms with E-state index in [1.165, 1.54) is 0 Å². The summed E-state index contributed by atoms with van der Waals surface area (Å²) in [6.07, 6.45) is 1.35. The van der Waals surface area contributed by atoms with Gasteiger partial charge in [-0.25, -0.2) is 4.68 Å². The first-order valence-corrected chi connectivity index (χ1v) is 9.00. The number of carbonyl (C=O) groups excluding carboxylic acids is 1. The molecule has 1 fully saturated rings. The summed E-state index contributed by atoms with van der Waals surface area (Å²) >= 11 is 5.96. The molecule has 0 bridgehead atoms. The Bertz CT molecular complexity index is 783. The maximum atomic E-state index is 12.7. The van der Waals surface area contributed by atoms with Gasteiger partial charge < -0.3 is 10.6 Å². The molecule has 5 nitrogen and oxygen atoms in total. The summed E-state index contributed by atoms with van der Waals surface area (Å²) in [6.45, 7) is 8.25. The lowest BCUT2D eigenvalue weighted by Crippen LogP contribution is -2.35. The number of likely N-dealkylation sites (tertiary alicyclic amines) is 1. The van der Waals surface area contributed by atoms with Gasteiger partial charge in [-0.1, -0.05) is 18.5 Å². The second-order valence-electron chi connectivity index (χ2n) is 7.29. The van der Waals surface area contributed by atoms with Crippen LogP contribution in [0, 0.1) is 19.3 Å². The maximum absolute atomic E-state index is 12.7. The predicted octanol–water partition coefficient (Wildman–Crippen LogP) is 2.88. The molecular weight excluding hydrogens is 336 g/mol. The van der Waals surface area contributed by atoms with E-state index in [2.05, 4.69) is 12.0 Å². The highest BCUT2D eigenvalue weighted by Crippen LogP contribution is 2.29. The van der Waals surface area contributed by atoms with E-state index in [1.807, 2.05) is 47.7 Å². The van der Waals surface area contributed by atoms with Crippen LogP contribution in [0.1, 0.15) is 30.3 Å². The van der Waals surface area contributed by atoms with E-state index in [1.54, 1.807) is 0 Å². The number of amides is 1. The molecule has 1 unspecified atom stereocenters. The van der Waals surface area contributed by atoms with Crippen LogP contribution in [0.2, 0.25) is 5.02 Å². The van der Waals surface area contributed by atoms with Crippen molar-refractivity contribution in [2.45, 2.75) is 33.6 Å². The second-order valence-corrected chi connectivity index (χ2v) is 7.73. The minimum absolute atomic E-state index is 0.0488. The molecule has 1 atom stereocenters. The van der Waals surface area contributed by atoms with Crippen LogP contribution in [0.25, 0.3) is 5.69 Å². The molecule has 2 heterocycles. The summed E-state index contributed by atoms with van der Waals surface area (Å²) in [5, 5.41) is 5.31. The second kappa shape index (κ2) is 6.81. The van der Waals surface area contributed by atoms with Crippen molar-refractivity contribution in [2.24, 2.45) is 11.1 Å². The Morgan fingerprint density at radius 2 is 2.00 bits per heavy atom. The van der Waals surface area contributed by atoms with E-state index in [0.717, 1.165) is 42.1 Å². The largest absolute Gasteiger partial charge is 0.342 e. The molecule has 1 aromatic heterocycles. The van der Waals surface area contributed by atoms with Crippen LogP contribution in [0.3, 0.4) is 0 Å². The van der Waals surface area contributed by atoms with Gasteiger partial charge in [0.25, 0.3) is 0 Å². The molecule has 3 rings (SSSR count). The van der Waals surface area contributed by atoms with Crippen molar-refractivity contribution in [1.82, 2.24) is 14.7 Å². The van der Waals surface area contributed by atoms with Crippen molar-refractivity contribution in [3.8, 4) is 5.69 Å². The third-order valence-corrected chi connectivity index (χ3v) is 5.50. The molecule has 25 heavy (non-hydrogen) atoms. The van der Waals surface area contributed by atoms with Crippen molar-refractivity contribution in [2.75, 3.05) is 19.6 Å². The molecule has 0 saturated carbocycles. The van der Waals surface area contributed by atoms with Crippen molar-refractivity contribution >= 4 is 17.5 Å². The van der Waals surface area contributed by atoms with Crippen LogP contribution in [0.15, 0.2) is 24.3 Å². The van der Waals surface area contributed by atoms with Gasteiger partial charge in [0, 0.05) is 29.4 Å². The lowest BCUT2D eigenvalue weighted by atomic mass is 9.90. The summed E-state index contributed by atoms with van der Waals surface area (Å²) in [7, 11) is 0. The number of nitrogens with two attached hydrogens (primary N) is 1. The van der Waals surface area contributed by atoms with Crippen LogP contribution < -0.4 is 5.73 Å². The van der Waals surface area contributed by atoms with Crippen molar-refractivity contribution in [1.29, 1.82) is 0 Å². The van der Waals surface area contributed by atoms with Crippen LogP contribution in [-0.2, 0) is 11.2 Å². The number of hydrogen-bond acceptors (Lipinski definition) is 3. The quantitative estimate of drug-likeness (QED) is 0.911. The zero-order valence-corrected chi connectivity index (χ0v) is 15.8. The van der Waals surface area contributed by atoms with Gasteiger partial charge in [-0.15, -0.1) is 0 Å². The molecule has 0 aliphatic carbocycles. The number of hydrogen-bond donors (Lipinski definition) is 1. The molecule has 1 amide bonds. The topological polar surface area (TPSA) is 64.2 Å². The van der Waals surface area contributed by atoms with E-state index in [4.69, 9.17) is 17.3 Å². The summed E-state index contributed by atoms with van der Waals surface area (Å²) in [5.41, 5.74) is 9.73. The first kappa shape index (κ1) is 18.0. The molecule has 0 spiro atoms. The molecule has 1 aromatic carbocycles. The number of halogens is 1. The molecular formula is C19H25ClN4O. The van der Waals surface area contributed by atoms with Gasteiger partial charge in [0.1, 0.15) is 0 Å². The summed E-state index contributed by atoms with van der Waals surface area (Å²) in [4.78, 5) is 14.7. The zero-order valence-electron chi connectivity index (χ0n) is 15.1. The molecule has 1 aliphatic rings. The zero-order chi connectivity index (χ0) is 18.2. The highest BCUT2D eigenvalue weighted by molar-refractivity contribution is 6.30. The smallest absolute Gasteiger partial charge is 0.227 e. The number of benzene rings is 1. The predicted molar refractivity (Wildman–Crippen MR) is 100 cm³/mol. The Labute approximate surface area is 153 Å². The first-order valence-electron chi connectivity index (χ1n) is 8.62. The molecule has 1 saturated heterocycles. The van der Waals surface area contributed by atoms with Crippen molar-refractivity contribution in [3.05, 3.63) is 46.2 Å². The molecule has 6 heteroatoms. The summed E-state index contributed by atoms with van der Waals surface area (Å²) in [5.74, 6) is 0.152. The average molecular weight is 361 g/mol.